The standard InChI is InChI=1S/C25H23NO4/c1-15(2)16-8-10-18-17(14-22(25(29)30-3)19(18)11-9-16)12-13-26-23(27)20-6-4-5-7-21(20)24(26)28/h4-11,14-15H,12-13H2,1-3H3. The van der Waals surface area contributed by atoms with Crippen molar-refractivity contribution in [2.45, 2.75) is 26.2 Å². The number of amides is 2. The molecule has 0 saturated carbocycles. The van der Waals surface area contributed by atoms with Crippen LogP contribution in [0.3, 0.4) is 0 Å². The van der Waals surface area contributed by atoms with Gasteiger partial charge in [-0.1, -0.05) is 50.2 Å². The molecule has 5 heteroatoms. The van der Waals surface area contributed by atoms with Gasteiger partial charge in [0.25, 0.3) is 11.8 Å². The summed E-state index contributed by atoms with van der Waals surface area (Å²) in [7, 11) is 1.36. The van der Waals surface area contributed by atoms with Crippen molar-refractivity contribution in [2.24, 2.45) is 0 Å². The molecule has 0 bridgehead atoms. The largest absolute Gasteiger partial charge is 0.465 e. The molecule has 0 unspecified atom stereocenters. The van der Waals surface area contributed by atoms with Crippen molar-refractivity contribution in [2.75, 3.05) is 13.7 Å². The molecule has 1 aromatic rings. The minimum Gasteiger partial charge on any atom is -0.465 e. The third-order valence-electron chi connectivity index (χ3n) is 5.68. The summed E-state index contributed by atoms with van der Waals surface area (Å²) in [6.45, 7) is 4.48. The van der Waals surface area contributed by atoms with Gasteiger partial charge in [0.15, 0.2) is 0 Å². The summed E-state index contributed by atoms with van der Waals surface area (Å²) in [4.78, 5) is 38.9. The summed E-state index contributed by atoms with van der Waals surface area (Å²) in [5.74, 6) is -0.589. The molecule has 0 radical (unpaired) electrons. The Morgan fingerprint density at radius 2 is 1.50 bits per heavy atom. The lowest BCUT2D eigenvalue weighted by Gasteiger charge is -2.13. The molecule has 0 N–H and O–H groups in total. The lowest BCUT2D eigenvalue weighted by molar-refractivity contribution is 0.0599. The van der Waals surface area contributed by atoms with Crippen molar-refractivity contribution in [3.63, 3.8) is 0 Å². The fraction of sp³-hybridized carbons (Fsp3) is 0.240. The van der Waals surface area contributed by atoms with Gasteiger partial charge in [0.05, 0.1) is 23.8 Å². The number of hydrogen-bond acceptors (Lipinski definition) is 4. The molecule has 1 heterocycles. The minimum atomic E-state index is -0.399. The molecular weight excluding hydrogens is 378 g/mol. The Balaban J connectivity index is 1.67. The molecule has 30 heavy (non-hydrogen) atoms. The van der Waals surface area contributed by atoms with Crippen molar-refractivity contribution >= 4 is 17.8 Å². The van der Waals surface area contributed by atoms with Crippen molar-refractivity contribution in [1.29, 1.82) is 0 Å². The highest BCUT2D eigenvalue weighted by molar-refractivity contribution is 6.21. The minimum absolute atomic E-state index is 0.252. The molecule has 0 saturated heterocycles. The van der Waals surface area contributed by atoms with Crippen LogP contribution in [0.2, 0.25) is 0 Å². The average molecular weight is 401 g/mol. The highest BCUT2D eigenvalue weighted by Crippen LogP contribution is 2.34. The molecule has 1 aromatic carbocycles. The molecular formula is C25H23NO4. The van der Waals surface area contributed by atoms with Gasteiger partial charge < -0.3 is 4.74 Å². The predicted molar refractivity (Wildman–Crippen MR) is 114 cm³/mol. The molecule has 2 aliphatic carbocycles. The zero-order chi connectivity index (χ0) is 21.4. The van der Waals surface area contributed by atoms with Crippen molar-refractivity contribution in [3.8, 4) is 11.1 Å². The van der Waals surface area contributed by atoms with E-state index >= 15 is 0 Å². The van der Waals surface area contributed by atoms with Gasteiger partial charge >= 0.3 is 5.97 Å². The van der Waals surface area contributed by atoms with Crippen molar-refractivity contribution in [3.05, 3.63) is 82.4 Å². The summed E-state index contributed by atoms with van der Waals surface area (Å²) < 4.78 is 4.96. The van der Waals surface area contributed by atoms with Crippen LogP contribution in [-0.4, -0.2) is 36.3 Å². The average Bonchev–Trinajstić information content (AvgIpc) is 3.09. The number of carbonyl (C=O) groups is 3. The fourth-order valence-corrected chi connectivity index (χ4v) is 3.98. The van der Waals surface area contributed by atoms with E-state index < -0.39 is 5.97 Å². The first-order valence-corrected chi connectivity index (χ1v) is 10.0. The van der Waals surface area contributed by atoms with Crippen LogP contribution in [0.5, 0.6) is 0 Å². The number of nitrogens with zero attached hydrogens (tertiary/aromatic N) is 1. The van der Waals surface area contributed by atoms with E-state index in [0.29, 0.717) is 29.0 Å². The Kier molecular flexibility index (Phi) is 5.12. The molecule has 0 fully saturated rings. The summed E-state index contributed by atoms with van der Waals surface area (Å²) >= 11 is 0. The topological polar surface area (TPSA) is 63.7 Å². The Morgan fingerprint density at radius 3 is 2.07 bits per heavy atom. The summed E-state index contributed by atoms with van der Waals surface area (Å²) in [6.07, 6.45) is 0.458. The molecule has 3 aliphatic rings. The van der Waals surface area contributed by atoms with E-state index in [1.807, 2.05) is 24.3 Å². The van der Waals surface area contributed by atoms with Gasteiger partial charge in [0.1, 0.15) is 0 Å². The Morgan fingerprint density at radius 1 is 0.900 bits per heavy atom. The maximum atomic E-state index is 12.7. The monoisotopic (exact) mass is 401 g/mol. The Hall–Kier alpha value is -3.47. The van der Waals surface area contributed by atoms with Crippen molar-refractivity contribution in [1.82, 2.24) is 4.90 Å². The first-order valence-electron chi connectivity index (χ1n) is 10.0. The van der Waals surface area contributed by atoms with Crippen LogP contribution >= 0.6 is 0 Å². The predicted octanol–water partition coefficient (Wildman–Crippen LogP) is 4.54. The van der Waals surface area contributed by atoms with Gasteiger partial charge in [-0.15, -0.1) is 0 Å². The van der Waals surface area contributed by atoms with Crippen LogP contribution in [0.1, 0.15) is 62.0 Å². The van der Waals surface area contributed by atoms with Crippen molar-refractivity contribution < 1.29 is 19.1 Å². The van der Waals surface area contributed by atoms with E-state index in [1.54, 1.807) is 24.3 Å². The number of fused-ring (bicyclic) bond motifs is 2. The maximum Gasteiger partial charge on any atom is 0.338 e. The molecule has 4 rings (SSSR count). The smallest absolute Gasteiger partial charge is 0.338 e. The third kappa shape index (κ3) is 3.26. The van der Waals surface area contributed by atoms with E-state index in [9.17, 15) is 14.4 Å². The molecule has 0 atom stereocenters. The maximum absolute atomic E-state index is 12.7. The molecule has 0 spiro atoms. The quantitative estimate of drug-likeness (QED) is 0.465. The second kappa shape index (κ2) is 7.75. The first kappa shape index (κ1) is 19.8. The third-order valence-corrected chi connectivity index (χ3v) is 5.68. The number of methoxy groups -OCH3 is 1. The van der Waals surface area contributed by atoms with Crippen LogP contribution < -0.4 is 0 Å². The first-order chi connectivity index (χ1) is 14.4. The Labute approximate surface area is 175 Å². The zero-order valence-electron chi connectivity index (χ0n) is 17.3. The van der Waals surface area contributed by atoms with E-state index in [4.69, 9.17) is 4.74 Å². The van der Waals surface area contributed by atoms with Gasteiger partial charge in [-0.3, -0.25) is 14.5 Å². The van der Waals surface area contributed by atoms with E-state index in [-0.39, 0.29) is 18.4 Å². The second-order valence-electron chi connectivity index (χ2n) is 7.78. The van der Waals surface area contributed by atoms with Crippen LogP contribution in [-0.2, 0) is 11.2 Å². The Bertz CT molecular complexity index is 1100. The molecule has 152 valence electrons. The summed E-state index contributed by atoms with van der Waals surface area (Å²) in [6, 6.07) is 16.7. The molecule has 5 nitrogen and oxygen atoms in total. The lowest BCUT2D eigenvalue weighted by Crippen LogP contribution is -2.31. The van der Waals surface area contributed by atoms with Crippen LogP contribution in [0, 0.1) is 0 Å². The van der Waals surface area contributed by atoms with Gasteiger partial charge in [-0.25, -0.2) is 4.79 Å². The van der Waals surface area contributed by atoms with Crippen LogP contribution in [0.15, 0.2) is 54.6 Å². The number of hydrogen-bond donors (Lipinski definition) is 0. The normalized spacial score (nSPS) is 13.3. The van der Waals surface area contributed by atoms with Crippen LogP contribution in [0.4, 0.5) is 0 Å². The SMILES string of the molecule is COC(=O)c1cc(CCN2C(=O)c3ccccc3C2=O)c2ccc(C(C)C)ccc1-2. The van der Waals surface area contributed by atoms with E-state index in [2.05, 4.69) is 19.9 Å². The number of imide groups is 1. The highest BCUT2D eigenvalue weighted by atomic mass is 16.5. The zero-order valence-corrected chi connectivity index (χ0v) is 17.3. The highest BCUT2D eigenvalue weighted by Gasteiger charge is 2.35. The molecule has 2 amide bonds. The van der Waals surface area contributed by atoms with Gasteiger partial charge in [-0.05, 0) is 52.8 Å². The number of carbonyl (C=O) groups excluding carboxylic acids is 3. The van der Waals surface area contributed by atoms with Gasteiger partial charge in [-0.2, -0.15) is 0 Å². The van der Waals surface area contributed by atoms with Crippen LogP contribution in [0.25, 0.3) is 11.1 Å². The lowest BCUT2D eigenvalue weighted by atomic mass is 10.1. The number of rotatable bonds is 5. The molecule has 0 aromatic heterocycles. The fourth-order valence-electron chi connectivity index (χ4n) is 3.98. The van der Waals surface area contributed by atoms with Gasteiger partial charge in [0, 0.05) is 6.54 Å². The summed E-state index contributed by atoms with van der Waals surface area (Å²) in [5, 5.41) is 0. The number of esters is 1. The number of benzene rings is 1. The van der Waals surface area contributed by atoms with E-state index in [1.165, 1.54) is 12.0 Å². The number of ether oxygens (including phenoxy) is 1. The summed E-state index contributed by atoms with van der Waals surface area (Å²) in [5.41, 5.74) is 5.19. The van der Waals surface area contributed by atoms with Gasteiger partial charge in [0.2, 0.25) is 0 Å². The second-order valence-corrected chi connectivity index (χ2v) is 7.78. The molecule has 1 aliphatic heterocycles. The van der Waals surface area contributed by atoms with E-state index in [0.717, 1.165) is 22.3 Å².